The molecule has 0 unspecified atom stereocenters. The normalized spacial score (nSPS) is 11.1. The Hall–Kier alpha value is -2.23. The largest absolute Gasteiger partial charge is 0.493 e. The third-order valence-corrected chi connectivity index (χ3v) is 2.40. The number of hydrogen-bond acceptors (Lipinski definition) is 3. The lowest BCUT2D eigenvalue weighted by molar-refractivity contribution is -0.131. The van der Waals surface area contributed by atoms with Crippen LogP contribution in [0.5, 0.6) is 11.5 Å². The average Bonchev–Trinajstić information content (AvgIpc) is 2.35. The van der Waals surface area contributed by atoms with Crippen LogP contribution in [0.3, 0.4) is 0 Å². The molecule has 0 aliphatic rings. The van der Waals surface area contributed by atoms with E-state index >= 15 is 0 Å². The Bertz CT molecular complexity index is 487. The van der Waals surface area contributed by atoms with Gasteiger partial charge in [-0.2, -0.15) is 0 Å². The number of aryl methyl sites for hydroxylation is 1. The summed E-state index contributed by atoms with van der Waals surface area (Å²) in [6.07, 6.45) is 6.03. The van der Waals surface area contributed by atoms with Crippen molar-refractivity contribution < 1.29 is 19.4 Å². The summed E-state index contributed by atoms with van der Waals surface area (Å²) in [6, 6.07) is 3.72. The van der Waals surface area contributed by atoms with Crippen molar-refractivity contribution in [3.05, 3.63) is 41.5 Å². The molecule has 1 N–H and O–H groups in total. The van der Waals surface area contributed by atoms with Gasteiger partial charge in [-0.1, -0.05) is 18.2 Å². The fourth-order valence-corrected chi connectivity index (χ4v) is 1.47. The maximum Gasteiger partial charge on any atom is 0.328 e. The molecule has 0 aromatic heterocycles. The average molecular weight is 248 g/mol. The van der Waals surface area contributed by atoms with Crippen LogP contribution in [0.1, 0.15) is 11.1 Å². The summed E-state index contributed by atoms with van der Waals surface area (Å²) in [7, 11) is 3.16. The van der Waals surface area contributed by atoms with Gasteiger partial charge in [0.2, 0.25) is 0 Å². The predicted octanol–water partition coefficient (Wildman–Crippen LogP) is 2.67. The quantitative estimate of drug-likeness (QED) is 0.643. The first-order valence-corrected chi connectivity index (χ1v) is 5.38. The molecule has 0 radical (unpaired) electrons. The summed E-state index contributed by atoms with van der Waals surface area (Å²) < 4.78 is 10.4. The number of ether oxygens (including phenoxy) is 2. The summed E-state index contributed by atoms with van der Waals surface area (Å²) in [5.41, 5.74) is 1.97. The van der Waals surface area contributed by atoms with Crippen LogP contribution in [-0.2, 0) is 4.79 Å². The van der Waals surface area contributed by atoms with Crippen molar-refractivity contribution in [2.24, 2.45) is 0 Å². The van der Waals surface area contributed by atoms with Gasteiger partial charge in [0.25, 0.3) is 0 Å². The van der Waals surface area contributed by atoms with Gasteiger partial charge in [-0.15, -0.1) is 0 Å². The fourth-order valence-electron chi connectivity index (χ4n) is 1.47. The van der Waals surface area contributed by atoms with Gasteiger partial charge < -0.3 is 14.6 Å². The van der Waals surface area contributed by atoms with E-state index in [-0.39, 0.29) is 0 Å². The van der Waals surface area contributed by atoms with Crippen LogP contribution in [0.15, 0.2) is 30.4 Å². The summed E-state index contributed by atoms with van der Waals surface area (Å²) in [6.45, 7) is 1.95. The first-order chi connectivity index (χ1) is 8.58. The van der Waals surface area contributed by atoms with Gasteiger partial charge in [-0.25, -0.2) is 4.79 Å². The van der Waals surface area contributed by atoms with Crippen LogP contribution in [0.4, 0.5) is 0 Å². The molecule has 0 aliphatic heterocycles. The minimum atomic E-state index is -0.969. The summed E-state index contributed by atoms with van der Waals surface area (Å²) in [4.78, 5) is 10.3. The van der Waals surface area contributed by atoms with Crippen LogP contribution in [0.2, 0.25) is 0 Å². The van der Waals surface area contributed by atoms with Gasteiger partial charge in [-0.05, 0) is 30.2 Å². The smallest absolute Gasteiger partial charge is 0.328 e. The Morgan fingerprint density at radius 1 is 1.17 bits per heavy atom. The van der Waals surface area contributed by atoms with E-state index in [4.69, 9.17) is 14.6 Å². The highest BCUT2D eigenvalue weighted by molar-refractivity contribution is 5.80. The van der Waals surface area contributed by atoms with Crippen molar-refractivity contribution >= 4 is 12.0 Å². The maximum absolute atomic E-state index is 10.3. The maximum atomic E-state index is 10.3. The van der Waals surface area contributed by atoms with Crippen LogP contribution < -0.4 is 9.47 Å². The Balaban J connectivity index is 2.99. The van der Waals surface area contributed by atoms with Crippen LogP contribution >= 0.6 is 0 Å². The van der Waals surface area contributed by atoms with Gasteiger partial charge in [0.1, 0.15) is 0 Å². The number of aliphatic carboxylic acids is 1. The molecule has 18 heavy (non-hydrogen) atoms. The molecule has 0 heterocycles. The molecule has 4 heteroatoms. The van der Waals surface area contributed by atoms with Gasteiger partial charge in [0.15, 0.2) is 11.5 Å². The number of benzene rings is 1. The second-order valence-corrected chi connectivity index (χ2v) is 3.62. The van der Waals surface area contributed by atoms with E-state index in [1.165, 1.54) is 6.08 Å². The number of rotatable bonds is 5. The van der Waals surface area contributed by atoms with Crippen molar-refractivity contribution in [3.63, 3.8) is 0 Å². The van der Waals surface area contributed by atoms with E-state index < -0.39 is 5.97 Å². The van der Waals surface area contributed by atoms with Crippen LogP contribution in [0.25, 0.3) is 6.08 Å². The molecule has 0 amide bonds. The lowest BCUT2D eigenvalue weighted by atomic mass is 10.1. The molecule has 0 spiro atoms. The van der Waals surface area contributed by atoms with E-state index in [9.17, 15) is 4.79 Å². The molecule has 0 fully saturated rings. The molecule has 0 saturated heterocycles. The third kappa shape index (κ3) is 3.66. The highest BCUT2D eigenvalue weighted by Gasteiger charge is 2.06. The SMILES string of the molecule is COc1cc(C)c(/C=C/C=C/C(=O)O)cc1OC. The second-order valence-electron chi connectivity index (χ2n) is 3.62. The van der Waals surface area contributed by atoms with Gasteiger partial charge in [0, 0.05) is 6.08 Å². The van der Waals surface area contributed by atoms with E-state index in [2.05, 4.69) is 0 Å². The summed E-state index contributed by atoms with van der Waals surface area (Å²) >= 11 is 0. The van der Waals surface area contributed by atoms with Crippen LogP contribution in [0, 0.1) is 6.92 Å². The number of carbonyl (C=O) groups is 1. The second kappa shape index (κ2) is 6.49. The zero-order valence-corrected chi connectivity index (χ0v) is 10.6. The lowest BCUT2D eigenvalue weighted by Crippen LogP contribution is -1.92. The Kier molecular flexibility index (Phi) is 4.99. The Labute approximate surface area is 106 Å². The molecule has 0 bridgehead atoms. The Morgan fingerprint density at radius 2 is 1.78 bits per heavy atom. The van der Waals surface area contributed by atoms with Gasteiger partial charge >= 0.3 is 5.97 Å². The molecular weight excluding hydrogens is 232 g/mol. The minimum Gasteiger partial charge on any atom is -0.493 e. The molecule has 0 atom stereocenters. The van der Waals surface area contributed by atoms with Crippen LogP contribution in [-0.4, -0.2) is 25.3 Å². The fraction of sp³-hybridized carbons (Fsp3) is 0.214. The van der Waals surface area contributed by atoms with Crippen molar-refractivity contribution in [3.8, 4) is 11.5 Å². The van der Waals surface area contributed by atoms with E-state index in [1.807, 2.05) is 25.1 Å². The summed E-state index contributed by atoms with van der Waals surface area (Å²) in [5.74, 6) is 0.349. The minimum absolute atomic E-state index is 0.643. The molecular formula is C14H16O4. The van der Waals surface area contributed by atoms with E-state index in [0.717, 1.165) is 17.2 Å². The number of methoxy groups -OCH3 is 2. The molecule has 0 saturated carbocycles. The van der Waals surface area contributed by atoms with Gasteiger partial charge in [0.05, 0.1) is 14.2 Å². The third-order valence-electron chi connectivity index (χ3n) is 2.40. The molecule has 96 valence electrons. The molecule has 1 aromatic rings. The lowest BCUT2D eigenvalue weighted by Gasteiger charge is -2.10. The van der Waals surface area contributed by atoms with Crippen molar-refractivity contribution in [1.29, 1.82) is 0 Å². The summed E-state index contributed by atoms with van der Waals surface area (Å²) in [5, 5.41) is 8.46. The number of carboxylic acid groups (broad SMARTS) is 1. The first-order valence-electron chi connectivity index (χ1n) is 5.38. The van der Waals surface area contributed by atoms with Crippen molar-refractivity contribution in [2.45, 2.75) is 6.92 Å². The first kappa shape index (κ1) is 13.8. The monoisotopic (exact) mass is 248 g/mol. The molecule has 4 nitrogen and oxygen atoms in total. The highest BCUT2D eigenvalue weighted by atomic mass is 16.5. The van der Waals surface area contributed by atoms with E-state index in [0.29, 0.717) is 11.5 Å². The molecule has 1 rings (SSSR count). The zero-order chi connectivity index (χ0) is 13.5. The number of hydrogen-bond donors (Lipinski definition) is 1. The van der Waals surface area contributed by atoms with E-state index in [1.54, 1.807) is 20.3 Å². The molecule has 1 aromatic carbocycles. The Morgan fingerprint density at radius 3 is 2.33 bits per heavy atom. The number of allylic oxidation sites excluding steroid dienone is 2. The standard InChI is InChI=1S/C14H16O4/c1-10-8-12(17-2)13(18-3)9-11(10)6-4-5-7-14(15)16/h4-9H,1-3H3,(H,15,16)/b6-4+,7-5+. The van der Waals surface area contributed by atoms with Gasteiger partial charge in [-0.3, -0.25) is 0 Å². The number of carboxylic acids is 1. The zero-order valence-electron chi connectivity index (χ0n) is 10.6. The van der Waals surface area contributed by atoms with Crippen molar-refractivity contribution in [1.82, 2.24) is 0 Å². The molecule has 0 aliphatic carbocycles. The predicted molar refractivity (Wildman–Crippen MR) is 70.1 cm³/mol. The highest BCUT2D eigenvalue weighted by Crippen LogP contribution is 2.30. The van der Waals surface area contributed by atoms with Crippen molar-refractivity contribution in [2.75, 3.05) is 14.2 Å². The topological polar surface area (TPSA) is 55.8 Å².